The summed E-state index contributed by atoms with van der Waals surface area (Å²) in [5.41, 5.74) is 2.41. The summed E-state index contributed by atoms with van der Waals surface area (Å²) in [6.45, 7) is 8.01. The van der Waals surface area contributed by atoms with Gasteiger partial charge in [-0.15, -0.1) is 0 Å². The predicted octanol–water partition coefficient (Wildman–Crippen LogP) is 4.10. The van der Waals surface area contributed by atoms with E-state index in [2.05, 4.69) is 65.2 Å². The van der Waals surface area contributed by atoms with Crippen molar-refractivity contribution >= 4 is 29.1 Å². The van der Waals surface area contributed by atoms with Crippen LogP contribution in [0, 0.1) is 6.92 Å². The van der Waals surface area contributed by atoms with Crippen molar-refractivity contribution in [2.45, 2.75) is 25.9 Å². The zero-order valence-corrected chi connectivity index (χ0v) is 13.9. The lowest BCUT2D eigenvalue weighted by atomic mass is 10.2. The van der Waals surface area contributed by atoms with Gasteiger partial charge < -0.3 is 10.2 Å². The summed E-state index contributed by atoms with van der Waals surface area (Å²) in [7, 11) is 0. The predicted molar refractivity (Wildman–Crippen MR) is 91.8 cm³/mol. The van der Waals surface area contributed by atoms with E-state index in [0.717, 1.165) is 35.6 Å². The molecule has 0 atom stereocenters. The molecule has 2 aromatic rings. The van der Waals surface area contributed by atoms with E-state index in [0.29, 0.717) is 0 Å². The van der Waals surface area contributed by atoms with Crippen molar-refractivity contribution in [3.63, 3.8) is 0 Å². The summed E-state index contributed by atoms with van der Waals surface area (Å²) in [6, 6.07) is 10.5. The highest BCUT2D eigenvalue weighted by atomic mass is 32.2. The summed E-state index contributed by atoms with van der Waals surface area (Å²) in [5.74, 6) is 1.80. The second kappa shape index (κ2) is 7.31. The molecule has 0 radical (unpaired) electrons. The zero-order valence-electron chi connectivity index (χ0n) is 13.1. The van der Waals surface area contributed by atoms with Crippen LogP contribution in [0.3, 0.4) is 0 Å². The molecule has 0 saturated carbocycles. The van der Waals surface area contributed by atoms with E-state index < -0.39 is 0 Å². The number of hydrogen-bond acceptors (Lipinski definition) is 5. The molecular weight excluding hydrogens is 280 g/mol. The Labute approximate surface area is 131 Å². The molecule has 0 spiro atoms. The first-order valence-electron chi connectivity index (χ1n) is 7.19. The average molecular weight is 302 g/mol. The van der Waals surface area contributed by atoms with Crippen LogP contribution in [0.4, 0.5) is 17.3 Å². The van der Waals surface area contributed by atoms with E-state index in [1.165, 1.54) is 5.56 Å². The van der Waals surface area contributed by atoms with Crippen molar-refractivity contribution in [2.75, 3.05) is 29.6 Å². The molecule has 0 amide bonds. The van der Waals surface area contributed by atoms with Crippen LogP contribution >= 0.6 is 11.8 Å². The molecule has 0 unspecified atom stereocenters. The number of hydrogen-bond donors (Lipinski definition) is 1. The standard InChI is InChI=1S/C16H22N4S/c1-5-17-14-11-15(19-16(18-14)21-4)20(6-2)13-9-7-12(3)8-10-13/h7-11H,5-6H2,1-4H3,(H,17,18,19). The molecule has 0 aliphatic rings. The molecule has 0 bridgehead atoms. The van der Waals surface area contributed by atoms with Gasteiger partial charge in [-0.2, -0.15) is 0 Å². The summed E-state index contributed by atoms with van der Waals surface area (Å²) in [5, 5.41) is 4.06. The van der Waals surface area contributed by atoms with Crippen LogP contribution < -0.4 is 10.2 Å². The number of aryl methyl sites for hydroxylation is 1. The highest BCUT2D eigenvalue weighted by Crippen LogP contribution is 2.27. The maximum Gasteiger partial charge on any atom is 0.191 e. The smallest absolute Gasteiger partial charge is 0.191 e. The van der Waals surface area contributed by atoms with Crippen molar-refractivity contribution in [1.82, 2.24) is 9.97 Å². The number of aromatic nitrogens is 2. The topological polar surface area (TPSA) is 41.0 Å². The molecular formula is C16H22N4S. The highest BCUT2D eigenvalue weighted by Gasteiger charge is 2.12. The van der Waals surface area contributed by atoms with E-state index >= 15 is 0 Å². The minimum atomic E-state index is 0.786. The Morgan fingerprint density at radius 2 is 1.86 bits per heavy atom. The monoisotopic (exact) mass is 302 g/mol. The minimum Gasteiger partial charge on any atom is -0.370 e. The van der Waals surface area contributed by atoms with Crippen LogP contribution in [0.1, 0.15) is 19.4 Å². The molecule has 2 rings (SSSR count). The number of rotatable bonds is 6. The Hall–Kier alpha value is -1.75. The maximum absolute atomic E-state index is 4.64. The molecule has 21 heavy (non-hydrogen) atoms. The Morgan fingerprint density at radius 3 is 2.43 bits per heavy atom. The van der Waals surface area contributed by atoms with Gasteiger partial charge in [0.2, 0.25) is 0 Å². The maximum atomic E-state index is 4.64. The molecule has 0 saturated heterocycles. The van der Waals surface area contributed by atoms with Gasteiger partial charge in [-0.25, -0.2) is 9.97 Å². The number of nitrogens with zero attached hydrogens (tertiary/aromatic N) is 3. The summed E-state index contributed by atoms with van der Waals surface area (Å²) < 4.78 is 0. The number of thioether (sulfide) groups is 1. The van der Waals surface area contributed by atoms with Gasteiger partial charge in [0.1, 0.15) is 11.6 Å². The van der Waals surface area contributed by atoms with Gasteiger partial charge >= 0.3 is 0 Å². The second-order valence-corrected chi connectivity index (χ2v) is 5.48. The normalized spacial score (nSPS) is 10.5. The van der Waals surface area contributed by atoms with Crippen LogP contribution in [-0.4, -0.2) is 29.3 Å². The molecule has 112 valence electrons. The summed E-state index contributed by atoms with van der Waals surface area (Å²) >= 11 is 1.56. The third kappa shape index (κ3) is 3.88. The Balaban J connectivity index is 2.40. The molecule has 4 nitrogen and oxygen atoms in total. The molecule has 0 fully saturated rings. The molecule has 0 aliphatic heterocycles. The molecule has 1 aromatic heterocycles. The van der Waals surface area contributed by atoms with Gasteiger partial charge in [-0.1, -0.05) is 29.5 Å². The number of benzene rings is 1. The molecule has 1 N–H and O–H groups in total. The van der Waals surface area contributed by atoms with Gasteiger partial charge in [0, 0.05) is 24.8 Å². The third-order valence-electron chi connectivity index (χ3n) is 3.17. The van der Waals surface area contributed by atoms with Crippen molar-refractivity contribution in [3.8, 4) is 0 Å². The van der Waals surface area contributed by atoms with Crippen molar-refractivity contribution < 1.29 is 0 Å². The van der Waals surface area contributed by atoms with E-state index in [4.69, 9.17) is 0 Å². The zero-order chi connectivity index (χ0) is 15.2. The van der Waals surface area contributed by atoms with Gasteiger partial charge in [0.05, 0.1) is 0 Å². The lowest BCUT2D eigenvalue weighted by Crippen LogP contribution is -2.18. The molecule has 5 heteroatoms. The van der Waals surface area contributed by atoms with Crippen LogP contribution in [0.15, 0.2) is 35.5 Å². The van der Waals surface area contributed by atoms with Crippen molar-refractivity contribution in [2.24, 2.45) is 0 Å². The highest BCUT2D eigenvalue weighted by molar-refractivity contribution is 7.98. The summed E-state index contributed by atoms with van der Waals surface area (Å²) in [4.78, 5) is 11.3. The Bertz CT molecular complexity index is 583. The first-order valence-corrected chi connectivity index (χ1v) is 8.41. The largest absolute Gasteiger partial charge is 0.370 e. The Kier molecular flexibility index (Phi) is 5.44. The SMILES string of the molecule is CCNc1cc(N(CC)c2ccc(C)cc2)nc(SC)n1. The third-order valence-corrected chi connectivity index (χ3v) is 3.72. The minimum absolute atomic E-state index is 0.786. The van der Waals surface area contributed by atoms with E-state index in [1.54, 1.807) is 11.8 Å². The molecule has 1 heterocycles. The van der Waals surface area contributed by atoms with Crippen molar-refractivity contribution in [1.29, 1.82) is 0 Å². The van der Waals surface area contributed by atoms with Crippen LogP contribution in [0.5, 0.6) is 0 Å². The number of anilines is 3. The average Bonchev–Trinajstić information content (AvgIpc) is 2.50. The number of nitrogens with one attached hydrogen (secondary N) is 1. The fraction of sp³-hybridized carbons (Fsp3) is 0.375. The lowest BCUT2D eigenvalue weighted by Gasteiger charge is -2.23. The summed E-state index contributed by atoms with van der Waals surface area (Å²) in [6.07, 6.45) is 2.00. The molecule has 1 aromatic carbocycles. The van der Waals surface area contributed by atoms with Crippen LogP contribution in [-0.2, 0) is 0 Å². The lowest BCUT2D eigenvalue weighted by molar-refractivity contribution is 0.907. The Morgan fingerprint density at radius 1 is 1.14 bits per heavy atom. The fourth-order valence-electron chi connectivity index (χ4n) is 2.12. The fourth-order valence-corrected chi connectivity index (χ4v) is 2.49. The van der Waals surface area contributed by atoms with Crippen LogP contribution in [0.2, 0.25) is 0 Å². The second-order valence-electron chi connectivity index (χ2n) is 4.71. The van der Waals surface area contributed by atoms with Gasteiger partial charge in [0.15, 0.2) is 5.16 Å². The van der Waals surface area contributed by atoms with E-state index in [9.17, 15) is 0 Å². The van der Waals surface area contributed by atoms with Crippen LogP contribution in [0.25, 0.3) is 0 Å². The first kappa shape index (κ1) is 15.6. The van der Waals surface area contributed by atoms with Gasteiger partial charge in [-0.05, 0) is 39.2 Å². The quantitative estimate of drug-likeness (QED) is 0.643. The van der Waals surface area contributed by atoms with Crippen molar-refractivity contribution in [3.05, 3.63) is 35.9 Å². The van der Waals surface area contributed by atoms with E-state index in [-0.39, 0.29) is 0 Å². The first-order chi connectivity index (χ1) is 10.2. The van der Waals surface area contributed by atoms with Gasteiger partial charge in [0.25, 0.3) is 0 Å². The van der Waals surface area contributed by atoms with E-state index in [1.807, 2.05) is 12.3 Å². The van der Waals surface area contributed by atoms with Gasteiger partial charge in [-0.3, -0.25) is 0 Å². The molecule has 0 aliphatic carbocycles.